The van der Waals surface area contributed by atoms with E-state index in [0.717, 1.165) is 24.3 Å². The maximum absolute atomic E-state index is 13.3. The van der Waals surface area contributed by atoms with Crippen LogP contribution in [0.2, 0.25) is 0 Å². The lowest BCUT2D eigenvalue weighted by Crippen LogP contribution is -2.48. The predicted molar refractivity (Wildman–Crippen MR) is 129 cm³/mol. The Morgan fingerprint density at radius 1 is 1.27 bits per heavy atom. The summed E-state index contributed by atoms with van der Waals surface area (Å²) in [7, 11) is 1.62. The van der Waals surface area contributed by atoms with E-state index >= 15 is 0 Å². The number of para-hydroxylation sites is 1. The molecule has 2 aliphatic rings. The fourth-order valence-electron chi connectivity index (χ4n) is 4.71. The molecule has 2 heterocycles. The van der Waals surface area contributed by atoms with Crippen LogP contribution in [0.3, 0.4) is 0 Å². The van der Waals surface area contributed by atoms with Crippen LogP contribution in [-0.4, -0.2) is 74.7 Å². The van der Waals surface area contributed by atoms with E-state index < -0.39 is 0 Å². The summed E-state index contributed by atoms with van der Waals surface area (Å²) in [6.45, 7) is 9.12. The molecule has 2 amide bonds. The van der Waals surface area contributed by atoms with E-state index in [1.54, 1.807) is 7.11 Å². The lowest BCUT2D eigenvalue weighted by Gasteiger charge is -2.38. The summed E-state index contributed by atoms with van der Waals surface area (Å²) in [5, 5.41) is 2.93. The van der Waals surface area contributed by atoms with E-state index in [0.29, 0.717) is 58.3 Å². The van der Waals surface area contributed by atoms with Gasteiger partial charge in [0.25, 0.3) is 0 Å². The van der Waals surface area contributed by atoms with Gasteiger partial charge in [0.15, 0.2) is 0 Å². The molecule has 0 unspecified atom stereocenters. The van der Waals surface area contributed by atoms with E-state index in [4.69, 9.17) is 9.47 Å². The third-order valence-electron chi connectivity index (χ3n) is 6.30. The Labute approximate surface area is 198 Å². The standard InChI is InChI=1S/C26H39N3O4/c1-20(2)16-28-17-23-7-4-5-9-24(23)33-13-6-8-22-18-29(26(31)19-28)12-10-21(22)15-25(30)27-11-14-32-3/h4-9,20-22H,10-19H2,1-3H3,(H,27,30)/b8-6-/t21-,22-/m0/s1. The molecule has 7 heteroatoms. The number of hydrogen-bond acceptors (Lipinski definition) is 5. The fraction of sp³-hybridized carbons (Fsp3) is 0.615. The second-order valence-electron chi connectivity index (χ2n) is 9.51. The molecule has 2 bridgehead atoms. The molecular formula is C26H39N3O4. The van der Waals surface area contributed by atoms with Crippen LogP contribution in [0, 0.1) is 17.8 Å². The van der Waals surface area contributed by atoms with Gasteiger partial charge in [-0.25, -0.2) is 0 Å². The quantitative estimate of drug-likeness (QED) is 0.504. The minimum Gasteiger partial charge on any atom is -0.489 e. The summed E-state index contributed by atoms with van der Waals surface area (Å²) >= 11 is 0. The number of ether oxygens (including phenoxy) is 2. The van der Waals surface area contributed by atoms with Crippen LogP contribution in [0.5, 0.6) is 5.75 Å². The van der Waals surface area contributed by atoms with Gasteiger partial charge in [-0.05, 0) is 30.2 Å². The summed E-state index contributed by atoms with van der Waals surface area (Å²) in [5.74, 6) is 1.86. The molecule has 1 aromatic rings. The Kier molecular flexibility index (Phi) is 9.76. The highest BCUT2D eigenvalue weighted by Crippen LogP contribution is 2.29. The summed E-state index contributed by atoms with van der Waals surface area (Å²) in [6.07, 6.45) is 5.46. The fourth-order valence-corrected chi connectivity index (χ4v) is 4.71. The van der Waals surface area contributed by atoms with Gasteiger partial charge in [0.05, 0.1) is 13.2 Å². The highest BCUT2D eigenvalue weighted by molar-refractivity contribution is 5.79. The number of carbonyl (C=O) groups is 2. The number of amides is 2. The first-order valence-electron chi connectivity index (χ1n) is 12.1. The summed E-state index contributed by atoms with van der Waals surface area (Å²) in [4.78, 5) is 29.9. The van der Waals surface area contributed by atoms with Crippen LogP contribution in [-0.2, 0) is 20.9 Å². The number of hydrogen-bond donors (Lipinski definition) is 1. The lowest BCUT2D eigenvalue weighted by molar-refractivity contribution is -0.135. The SMILES string of the molecule is COCCNC(=O)C[C@@H]1CCN2C[C@@H]1/C=C\COc1ccccc1CN(CC(C)C)CC2=O. The number of carbonyl (C=O) groups excluding carboxylic acids is 2. The number of nitrogens with one attached hydrogen (secondary N) is 1. The average molecular weight is 458 g/mol. The molecule has 1 aromatic carbocycles. The third-order valence-corrected chi connectivity index (χ3v) is 6.30. The van der Waals surface area contributed by atoms with Crippen molar-refractivity contribution in [1.29, 1.82) is 0 Å². The average Bonchev–Trinajstić information content (AvgIpc) is 2.78. The van der Waals surface area contributed by atoms with Crippen molar-refractivity contribution in [2.75, 3.05) is 53.0 Å². The van der Waals surface area contributed by atoms with E-state index in [1.807, 2.05) is 29.2 Å². The van der Waals surface area contributed by atoms with Crippen LogP contribution < -0.4 is 10.1 Å². The third kappa shape index (κ3) is 7.86. The summed E-state index contributed by atoms with van der Waals surface area (Å²) in [5.41, 5.74) is 1.10. The van der Waals surface area contributed by atoms with Crippen molar-refractivity contribution in [3.05, 3.63) is 42.0 Å². The first-order valence-corrected chi connectivity index (χ1v) is 12.1. The zero-order chi connectivity index (χ0) is 23.6. The highest BCUT2D eigenvalue weighted by atomic mass is 16.5. The number of nitrogens with zero attached hydrogens (tertiary/aromatic N) is 2. The van der Waals surface area contributed by atoms with E-state index in [-0.39, 0.29) is 23.7 Å². The molecule has 7 nitrogen and oxygen atoms in total. The maximum atomic E-state index is 13.3. The highest BCUT2D eigenvalue weighted by Gasteiger charge is 2.32. The van der Waals surface area contributed by atoms with Crippen LogP contribution in [0.4, 0.5) is 0 Å². The molecule has 2 atom stereocenters. The number of methoxy groups -OCH3 is 1. The first-order chi connectivity index (χ1) is 16.0. The Bertz CT molecular complexity index is 810. The zero-order valence-corrected chi connectivity index (χ0v) is 20.3. The smallest absolute Gasteiger partial charge is 0.236 e. The predicted octanol–water partition coefficient (Wildman–Crippen LogP) is 2.71. The van der Waals surface area contributed by atoms with Crippen molar-refractivity contribution in [2.24, 2.45) is 17.8 Å². The monoisotopic (exact) mass is 457 g/mol. The maximum Gasteiger partial charge on any atom is 0.236 e. The van der Waals surface area contributed by atoms with Crippen LogP contribution in [0.15, 0.2) is 36.4 Å². The topological polar surface area (TPSA) is 71.1 Å². The number of fused-ring (bicyclic) bond motifs is 3. The van der Waals surface area contributed by atoms with Gasteiger partial charge in [-0.2, -0.15) is 0 Å². The molecule has 1 N–H and O–H groups in total. The molecule has 3 rings (SSSR count). The van der Waals surface area contributed by atoms with Gasteiger partial charge in [0.2, 0.25) is 11.8 Å². The normalized spacial score (nSPS) is 23.0. The second kappa shape index (κ2) is 12.8. The van der Waals surface area contributed by atoms with Crippen LogP contribution >= 0.6 is 0 Å². The van der Waals surface area contributed by atoms with Gasteiger partial charge in [-0.1, -0.05) is 44.2 Å². The van der Waals surface area contributed by atoms with Gasteiger partial charge >= 0.3 is 0 Å². The van der Waals surface area contributed by atoms with Crippen molar-refractivity contribution in [3.8, 4) is 5.75 Å². The molecule has 0 spiro atoms. The molecule has 0 radical (unpaired) electrons. The number of benzene rings is 1. The molecule has 33 heavy (non-hydrogen) atoms. The zero-order valence-electron chi connectivity index (χ0n) is 20.3. The van der Waals surface area contributed by atoms with Crippen molar-refractivity contribution in [3.63, 3.8) is 0 Å². The molecule has 1 saturated heterocycles. The number of rotatable bonds is 7. The second-order valence-corrected chi connectivity index (χ2v) is 9.51. The molecular weight excluding hydrogens is 418 g/mol. The van der Waals surface area contributed by atoms with Crippen molar-refractivity contribution >= 4 is 11.8 Å². The van der Waals surface area contributed by atoms with Crippen molar-refractivity contribution in [1.82, 2.24) is 15.1 Å². The van der Waals surface area contributed by atoms with Crippen molar-refractivity contribution < 1.29 is 19.1 Å². The minimum atomic E-state index is 0.0430. The van der Waals surface area contributed by atoms with Gasteiger partial charge in [-0.15, -0.1) is 0 Å². The summed E-state index contributed by atoms with van der Waals surface area (Å²) in [6, 6.07) is 8.07. The van der Waals surface area contributed by atoms with Crippen molar-refractivity contribution in [2.45, 2.75) is 33.2 Å². The molecule has 182 valence electrons. The van der Waals surface area contributed by atoms with Crippen LogP contribution in [0.25, 0.3) is 0 Å². The Morgan fingerprint density at radius 2 is 2.09 bits per heavy atom. The Hall–Kier alpha value is -2.38. The van der Waals surface area contributed by atoms with Gasteiger partial charge in [0, 0.05) is 51.8 Å². The minimum absolute atomic E-state index is 0.0430. The molecule has 0 aromatic heterocycles. The largest absolute Gasteiger partial charge is 0.489 e. The molecule has 0 aliphatic carbocycles. The van der Waals surface area contributed by atoms with Gasteiger partial charge in [0.1, 0.15) is 12.4 Å². The molecule has 0 saturated carbocycles. The Balaban J connectivity index is 1.76. The van der Waals surface area contributed by atoms with E-state index in [9.17, 15) is 9.59 Å². The van der Waals surface area contributed by atoms with Gasteiger partial charge in [-0.3, -0.25) is 14.5 Å². The number of piperidine rings is 1. The first kappa shape index (κ1) is 25.2. The Morgan fingerprint density at radius 3 is 2.88 bits per heavy atom. The van der Waals surface area contributed by atoms with E-state index in [2.05, 4.69) is 36.2 Å². The van der Waals surface area contributed by atoms with Crippen LogP contribution in [0.1, 0.15) is 32.3 Å². The lowest BCUT2D eigenvalue weighted by atomic mass is 9.82. The molecule has 1 fully saturated rings. The molecule has 2 aliphatic heterocycles. The van der Waals surface area contributed by atoms with E-state index in [1.165, 1.54) is 0 Å². The summed E-state index contributed by atoms with van der Waals surface area (Å²) < 4.78 is 11.1. The van der Waals surface area contributed by atoms with Gasteiger partial charge < -0.3 is 19.7 Å².